The summed E-state index contributed by atoms with van der Waals surface area (Å²) < 4.78 is 1.98. The molecule has 1 aliphatic carbocycles. The zero-order chi connectivity index (χ0) is 26.1. The second-order valence-electron chi connectivity index (χ2n) is 11.0. The van der Waals surface area contributed by atoms with Gasteiger partial charge >= 0.3 is 0 Å². The fourth-order valence-electron chi connectivity index (χ4n) is 6.30. The lowest BCUT2D eigenvalue weighted by atomic mass is 9.87. The topological polar surface area (TPSA) is 96.8 Å². The van der Waals surface area contributed by atoms with Crippen molar-refractivity contribution < 1.29 is 9.90 Å². The van der Waals surface area contributed by atoms with E-state index in [0.717, 1.165) is 22.5 Å². The Balaban J connectivity index is 1.46. The third-order valence-corrected chi connectivity index (χ3v) is 8.60. The van der Waals surface area contributed by atoms with Gasteiger partial charge in [0.25, 0.3) is 0 Å². The summed E-state index contributed by atoms with van der Waals surface area (Å²) in [5.41, 5.74) is 9.28. The van der Waals surface area contributed by atoms with Gasteiger partial charge in [0.05, 0.1) is 6.04 Å². The first-order valence-electron chi connectivity index (χ1n) is 12.6. The standard InChI is InChI=1S/C30H31N5O2/c1-5-22(36)35-17-21-23(29(21,2)3)25(35)28-33-24(26-27(31)32-15-16-34(26)28)18-11-13-20(14-12-18)30(4,37)19-9-7-6-8-10-19/h5-16,21,23,25,37H,1,17H2,2-4H3,(H2,31,32)/t21?,23?,25-,30?/m0/s1. The fourth-order valence-corrected chi connectivity index (χ4v) is 6.30. The molecule has 6 rings (SSSR count). The maximum Gasteiger partial charge on any atom is 0.246 e. The number of piperidine rings is 1. The number of benzene rings is 2. The van der Waals surface area contributed by atoms with Crippen LogP contribution in [-0.4, -0.2) is 36.8 Å². The Morgan fingerprint density at radius 2 is 1.84 bits per heavy atom. The quantitative estimate of drug-likeness (QED) is 0.397. The van der Waals surface area contributed by atoms with Gasteiger partial charge < -0.3 is 15.7 Å². The molecule has 3 unspecified atom stereocenters. The molecule has 1 saturated heterocycles. The van der Waals surface area contributed by atoms with Gasteiger partial charge in [-0.2, -0.15) is 0 Å². The third kappa shape index (κ3) is 3.41. The van der Waals surface area contributed by atoms with E-state index in [1.165, 1.54) is 6.08 Å². The Morgan fingerprint density at radius 1 is 1.16 bits per heavy atom. The van der Waals surface area contributed by atoms with Crippen LogP contribution in [0.15, 0.2) is 79.6 Å². The van der Waals surface area contributed by atoms with Crippen molar-refractivity contribution in [2.24, 2.45) is 17.3 Å². The van der Waals surface area contributed by atoms with Crippen LogP contribution in [0.25, 0.3) is 16.8 Å². The van der Waals surface area contributed by atoms with E-state index in [4.69, 9.17) is 10.7 Å². The predicted octanol–water partition coefficient (Wildman–Crippen LogP) is 4.58. The van der Waals surface area contributed by atoms with Crippen molar-refractivity contribution in [2.75, 3.05) is 12.3 Å². The number of nitrogen functional groups attached to an aromatic ring is 1. The van der Waals surface area contributed by atoms with Gasteiger partial charge in [0.15, 0.2) is 0 Å². The molecule has 2 aliphatic rings. The molecular formula is C30H31N5O2. The number of nitrogens with two attached hydrogens (primary N) is 1. The Bertz CT molecular complexity index is 1520. The zero-order valence-corrected chi connectivity index (χ0v) is 21.3. The minimum absolute atomic E-state index is 0.0826. The Kier molecular flexibility index (Phi) is 5.08. The monoisotopic (exact) mass is 493 g/mol. The molecule has 1 amide bonds. The van der Waals surface area contributed by atoms with Crippen LogP contribution in [0.4, 0.5) is 5.82 Å². The largest absolute Gasteiger partial charge is 0.382 e. The highest BCUT2D eigenvalue weighted by Gasteiger charge is 2.68. The highest BCUT2D eigenvalue weighted by molar-refractivity contribution is 5.89. The number of hydrogen-bond donors (Lipinski definition) is 2. The number of carbonyl (C=O) groups is 1. The summed E-state index contributed by atoms with van der Waals surface area (Å²) in [6.45, 7) is 10.7. The van der Waals surface area contributed by atoms with Crippen LogP contribution in [0.1, 0.15) is 43.8 Å². The normalized spacial score (nSPS) is 23.5. The van der Waals surface area contributed by atoms with Crippen LogP contribution in [0.3, 0.4) is 0 Å². The van der Waals surface area contributed by atoms with E-state index in [1.54, 1.807) is 13.1 Å². The van der Waals surface area contributed by atoms with E-state index in [9.17, 15) is 9.90 Å². The van der Waals surface area contributed by atoms with Crippen molar-refractivity contribution in [3.63, 3.8) is 0 Å². The van der Waals surface area contributed by atoms with E-state index in [2.05, 4.69) is 25.4 Å². The molecular weight excluding hydrogens is 462 g/mol. The van der Waals surface area contributed by atoms with Gasteiger partial charge in [-0.1, -0.05) is 75.0 Å². The summed E-state index contributed by atoms with van der Waals surface area (Å²) in [7, 11) is 0. The zero-order valence-electron chi connectivity index (χ0n) is 21.3. The maximum absolute atomic E-state index is 12.8. The van der Waals surface area contributed by atoms with Crippen LogP contribution in [0, 0.1) is 17.3 Å². The minimum Gasteiger partial charge on any atom is -0.382 e. The number of amides is 1. The molecule has 1 aliphatic heterocycles. The summed E-state index contributed by atoms with van der Waals surface area (Å²) in [6, 6.07) is 17.2. The number of nitrogens with zero attached hydrogens (tertiary/aromatic N) is 4. The number of fused-ring (bicyclic) bond motifs is 2. The lowest BCUT2D eigenvalue weighted by molar-refractivity contribution is -0.128. The molecule has 7 heteroatoms. The van der Waals surface area contributed by atoms with Crippen LogP contribution in [0.5, 0.6) is 0 Å². The second kappa shape index (κ2) is 8.02. The van der Waals surface area contributed by atoms with Gasteiger partial charge in [0, 0.05) is 24.5 Å². The first-order chi connectivity index (χ1) is 17.7. The molecule has 1 saturated carbocycles. The van der Waals surface area contributed by atoms with Crippen molar-refractivity contribution in [2.45, 2.75) is 32.4 Å². The molecule has 37 heavy (non-hydrogen) atoms. The van der Waals surface area contributed by atoms with E-state index in [1.807, 2.05) is 70.1 Å². The van der Waals surface area contributed by atoms with Crippen LogP contribution < -0.4 is 5.73 Å². The highest BCUT2D eigenvalue weighted by Crippen LogP contribution is 2.69. The molecule has 7 nitrogen and oxygen atoms in total. The Hall–Kier alpha value is -3.97. The average molecular weight is 494 g/mol. The molecule has 2 aromatic carbocycles. The van der Waals surface area contributed by atoms with Crippen molar-refractivity contribution in [3.8, 4) is 11.3 Å². The van der Waals surface area contributed by atoms with E-state index in [0.29, 0.717) is 35.4 Å². The van der Waals surface area contributed by atoms with Gasteiger partial charge in [0.1, 0.15) is 28.5 Å². The first kappa shape index (κ1) is 23.4. The number of rotatable bonds is 5. The van der Waals surface area contributed by atoms with Crippen molar-refractivity contribution >= 4 is 17.2 Å². The van der Waals surface area contributed by atoms with Crippen molar-refractivity contribution in [1.82, 2.24) is 19.3 Å². The molecule has 3 N–H and O–H groups in total. The summed E-state index contributed by atoms with van der Waals surface area (Å²) in [5, 5.41) is 11.3. The Morgan fingerprint density at radius 3 is 2.51 bits per heavy atom. The van der Waals surface area contributed by atoms with Crippen LogP contribution in [0.2, 0.25) is 0 Å². The molecule has 0 radical (unpaired) electrons. The summed E-state index contributed by atoms with van der Waals surface area (Å²) >= 11 is 0. The summed E-state index contributed by atoms with van der Waals surface area (Å²) in [4.78, 5) is 24.2. The second-order valence-corrected chi connectivity index (χ2v) is 11.0. The summed E-state index contributed by atoms with van der Waals surface area (Å²) in [5.74, 6) is 1.82. The third-order valence-electron chi connectivity index (χ3n) is 8.60. The van der Waals surface area contributed by atoms with E-state index in [-0.39, 0.29) is 17.4 Å². The van der Waals surface area contributed by atoms with Crippen molar-refractivity contribution in [1.29, 1.82) is 0 Å². The molecule has 0 bridgehead atoms. The smallest absolute Gasteiger partial charge is 0.246 e. The average Bonchev–Trinajstić information content (AvgIpc) is 3.24. The lowest BCUT2D eigenvalue weighted by Gasteiger charge is -2.29. The molecule has 3 heterocycles. The Labute approximate surface area is 216 Å². The fraction of sp³-hybridized carbons (Fsp3) is 0.300. The number of likely N-dealkylation sites (tertiary alicyclic amines) is 1. The molecule has 188 valence electrons. The molecule has 0 spiro atoms. The highest BCUT2D eigenvalue weighted by atomic mass is 16.3. The number of aromatic nitrogens is 3. The number of carbonyl (C=O) groups excluding carboxylic acids is 1. The van der Waals surface area contributed by atoms with Crippen molar-refractivity contribution in [3.05, 3.63) is 96.6 Å². The van der Waals surface area contributed by atoms with Gasteiger partial charge in [-0.05, 0) is 41.4 Å². The SMILES string of the molecule is C=CC(=O)N1CC2C([C@H]1c1nc(-c3ccc(C(C)(O)c4ccccc4)cc3)c3c(N)nccn13)C2(C)C. The lowest BCUT2D eigenvalue weighted by Crippen LogP contribution is -2.35. The minimum atomic E-state index is -1.14. The molecule has 4 aromatic rings. The van der Waals surface area contributed by atoms with Crippen LogP contribution in [-0.2, 0) is 10.4 Å². The number of anilines is 1. The first-order valence-corrected chi connectivity index (χ1v) is 12.6. The van der Waals surface area contributed by atoms with Gasteiger partial charge in [-0.15, -0.1) is 0 Å². The van der Waals surface area contributed by atoms with E-state index >= 15 is 0 Å². The van der Waals surface area contributed by atoms with Crippen LogP contribution >= 0.6 is 0 Å². The molecule has 4 atom stereocenters. The number of aliphatic hydroxyl groups is 1. The van der Waals surface area contributed by atoms with Gasteiger partial charge in [-0.3, -0.25) is 9.20 Å². The number of hydrogen-bond acceptors (Lipinski definition) is 5. The maximum atomic E-state index is 12.8. The number of imidazole rings is 1. The van der Waals surface area contributed by atoms with Gasteiger partial charge in [-0.25, -0.2) is 9.97 Å². The van der Waals surface area contributed by atoms with Gasteiger partial charge in [0.2, 0.25) is 5.91 Å². The predicted molar refractivity (Wildman–Crippen MR) is 143 cm³/mol. The molecule has 2 aromatic heterocycles. The summed E-state index contributed by atoms with van der Waals surface area (Å²) in [6.07, 6.45) is 4.92. The molecule has 2 fully saturated rings. The van der Waals surface area contributed by atoms with E-state index < -0.39 is 5.60 Å².